The van der Waals surface area contributed by atoms with Crippen molar-refractivity contribution in [3.8, 4) is 0 Å². The molecule has 0 amide bonds. The molecule has 2 aromatic carbocycles. The lowest BCUT2D eigenvalue weighted by molar-refractivity contribution is 0.103. The first-order chi connectivity index (χ1) is 9.15. The number of hydrogen-bond acceptors (Lipinski definition) is 2. The zero-order valence-corrected chi connectivity index (χ0v) is 12.2. The molecule has 0 unspecified atom stereocenters. The van der Waals surface area contributed by atoms with E-state index in [9.17, 15) is 4.79 Å². The third kappa shape index (κ3) is 2.36. The van der Waals surface area contributed by atoms with E-state index in [-0.39, 0.29) is 5.78 Å². The van der Waals surface area contributed by atoms with Crippen LogP contribution in [0, 0.1) is 6.92 Å². The lowest BCUT2D eigenvalue weighted by Crippen LogP contribution is -2.03. The maximum atomic E-state index is 12.5. The van der Waals surface area contributed by atoms with Gasteiger partial charge in [-0.15, -0.1) is 0 Å². The first-order valence-corrected chi connectivity index (χ1v) is 6.95. The zero-order chi connectivity index (χ0) is 13.4. The minimum atomic E-state index is 0.0466. The fraction of sp³-hybridized carbons (Fsp3) is 0.188. The fourth-order valence-electron chi connectivity index (χ4n) is 2.28. The predicted molar refractivity (Wildman–Crippen MR) is 77.2 cm³/mol. The molecule has 0 fully saturated rings. The number of hydrogen-bond donors (Lipinski definition) is 0. The van der Waals surface area contributed by atoms with E-state index in [1.165, 1.54) is 5.56 Å². The van der Waals surface area contributed by atoms with Gasteiger partial charge in [-0.25, -0.2) is 0 Å². The van der Waals surface area contributed by atoms with Gasteiger partial charge >= 0.3 is 0 Å². The highest BCUT2D eigenvalue weighted by Crippen LogP contribution is 2.25. The first-order valence-electron chi connectivity index (χ1n) is 6.15. The fourth-order valence-corrected chi connectivity index (χ4v) is 2.71. The number of carbonyl (C=O) groups is 1. The van der Waals surface area contributed by atoms with E-state index >= 15 is 0 Å². The molecule has 0 aromatic heterocycles. The van der Waals surface area contributed by atoms with Gasteiger partial charge in [-0.05, 0) is 36.2 Å². The second-order valence-electron chi connectivity index (χ2n) is 4.79. The van der Waals surface area contributed by atoms with Gasteiger partial charge in [-0.3, -0.25) is 4.79 Å². The van der Waals surface area contributed by atoms with Crippen LogP contribution in [-0.2, 0) is 18.0 Å². The molecule has 0 spiro atoms. The highest BCUT2D eigenvalue weighted by atomic mass is 79.9. The van der Waals surface area contributed by atoms with Crippen LogP contribution < -0.4 is 0 Å². The summed E-state index contributed by atoms with van der Waals surface area (Å²) < 4.78 is 6.21. The van der Waals surface area contributed by atoms with Gasteiger partial charge in [0.2, 0.25) is 0 Å². The number of fused-ring (bicyclic) bond motifs is 1. The second-order valence-corrected chi connectivity index (χ2v) is 5.64. The summed E-state index contributed by atoms with van der Waals surface area (Å²) in [7, 11) is 0. The summed E-state index contributed by atoms with van der Waals surface area (Å²) >= 11 is 3.45. The monoisotopic (exact) mass is 316 g/mol. The van der Waals surface area contributed by atoms with Crippen molar-refractivity contribution in [3.63, 3.8) is 0 Å². The topological polar surface area (TPSA) is 26.3 Å². The SMILES string of the molecule is Cc1ccc(Br)c(C(=O)c2ccc3c(c2)COC3)c1. The summed E-state index contributed by atoms with van der Waals surface area (Å²) in [5.74, 6) is 0.0466. The first kappa shape index (κ1) is 12.6. The number of carbonyl (C=O) groups excluding carboxylic acids is 1. The molecular weight excluding hydrogens is 304 g/mol. The van der Waals surface area contributed by atoms with E-state index in [1.807, 2.05) is 43.3 Å². The summed E-state index contributed by atoms with van der Waals surface area (Å²) in [6, 6.07) is 11.6. The van der Waals surface area contributed by atoms with Gasteiger partial charge in [-0.1, -0.05) is 39.7 Å². The number of ketones is 1. The van der Waals surface area contributed by atoms with Crippen molar-refractivity contribution in [1.29, 1.82) is 0 Å². The van der Waals surface area contributed by atoms with Crippen molar-refractivity contribution in [2.75, 3.05) is 0 Å². The molecule has 0 aliphatic carbocycles. The standard InChI is InChI=1S/C16H13BrO2/c1-10-2-5-15(17)14(6-10)16(18)11-3-4-12-8-19-9-13(12)7-11/h2-7H,8-9H2,1H3. The molecule has 2 aromatic rings. The van der Waals surface area contributed by atoms with Crippen LogP contribution in [0.25, 0.3) is 0 Å². The Morgan fingerprint density at radius 3 is 2.74 bits per heavy atom. The van der Waals surface area contributed by atoms with Crippen molar-refractivity contribution in [3.05, 3.63) is 68.7 Å². The van der Waals surface area contributed by atoms with E-state index in [0.29, 0.717) is 18.8 Å². The largest absolute Gasteiger partial charge is 0.372 e. The van der Waals surface area contributed by atoms with Crippen LogP contribution >= 0.6 is 15.9 Å². The summed E-state index contributed by atoms with van der Waals surface area (Å²) in [5, 5.41) is 0. The second kappa shape index (κ2) is 4.91. The van der Waals surface area contributed by atoms with Crippen LogP contribution in [-0.4, -0.2) is 5.78 Å². The van der Waals surface area contributed by atoms with Crippen molar-refractivity contribution in [2.45, 2.75) is 20.1 Å². The van der Waals surface area contributed by atoms with Crippen molar-refractivity contribution >= 4 is 21.7 Å². The van der Waals surface area contributed by atoms with Crippen molar-refractivity contribution in [1.82, 2.24) is 0 Å². The number of benzene rings is 2. The van der Waals surface area contributed by atoms with Crippen LogP contribution in [0.3, 0.4) is 0 Å². The number of ether oxygens (including phenoxy) is 1. The van der Waals surface area contributed by atoms with E-state index < -0.39 is 0 Å². The lowest BCUT2D eigenvalue weighted by Gasteiger charge is -2.06. The van der Waals surface area contributed by atoms with Crippen LogP contribution in [0.1, 0.15) is 32.6 Å². The van der Waals surface area contributed by atoms with Gasteiger partial charge in [0.15, 0.2) is 5.78 Å². The summed E-state index contributed by atoms with van der Waals surface area (Å²) in [5.41, 5.74) is 4.81. The molecule has 19 heavy (non-hydrogen) atoms. The molecule has 96 valence electrons. The Morgan fingerprint density at radius 2 is 1.89 bits per heavy atom. The smallest absolute Gasteiger partial charge is 0.194 e. The van der Waals surface area contributed by atoms with Crippen LogP contribution in [0.15, 0.2) is 40.9 Å². The highest BCUT2D eigenvalue weighted by Gasteiger charge is 2.17. The number of aryl methyl sites for hydroxylation is 1. The molecule has 1 aliphatic rings. The molecule has 0 saturated carbocycles. The molecule has 1 aliphatic heterocycles. The quantitative estimate of drug-likeness (QED) is 0.782. The molecule has 3 heteroatoms. The summed E-state index contributed by atoms with van der Waals surface area (Å²) in [6.07, 6.45) is 0. The van der Waals surface area contributed by atoms with Crippen LogP contribution in [0.2, 0.25) is 0 Å². The van der Waals surface area contributed by atoms with Gasteiger partial charge in [0.05, 0.1) is 13.2 Å². The van der Waals surface area contributed by atoms with E-state index in [2.05, 4.69) is 15.9 Å². The minimum Gasteiger partial charge on any atom is -0.372 e. The predicted octanol–water partition coefficient (Wildman–Crippen LogP) is 4.02. The third-order valence-corrected chi connectivity index (χ3v) is 4.04. The molecule has 1 heterocycles. The average Bonchev–Trinajstić information content (AvgIpc) is 2.88. The van der Waals surface area contributed by atoms with Crippen LogP contribution in [0.5, 0.6) is 0 Å². The normalized spacial score (nSPS) is 13.4. The van der Waals surface area contributed by atoms with Crippen molar-refractivity contribution < 1.29 is 9.53 Å². The van der Waals surface area contributed by atoms with E-state index in [1.54, 1.807) is 0 Å². The Bertz CT molecular complexity index is 662. The molecule has 0 radical (unpaired) electrons. The summed E-state index contributed by atoms with van der Waals surface area (Å²) in [4.78, 5) is 12.5. The highest BCUT2D eigenvalue weighted by molar-refractivity contribution is 9.10. The molecule has 0 N–H and O–H groups in total. The lowest BCUT2D eigenvalue weighted by atomic mass is 9.98. The van der Waals surface area contributed by atoms with Gasteiger partial charge in [0.25, 0.3) is 0 Å². The molecular formula is C16H13BrO2. The Balaban J connectivity index is 2.02. The molecule has 0 saturated heterocycles. The average molecular weight is 317 g/mol. The molecule has 3 rings (SSSR count). The maximum Gasteiger partial charge on any atom is 0.194 e. The van der Waals surface area contributed by atoms with E-state index in [0.717, 1.165) is 21.2 Å². The van der Waals surface area contributed by atoms with Gasteiger partial charge in [0.1, 0.15) is 0 Å². The van der Waals surface area contributed by atoms with Gasteiger partial charge in [-0.2, -0.15) is 0 Å². The van der Waals surface area contributed by atoms with Gasteiger partial charge < -0.3 is 4.74 Å². The summed E-state index contributed by atoms with van der Waals surface area (Å²) in [6.45, 7) is 3.24. The Labute approximate surface area is 120 Å². The third-order valence-electron chi connectivity index (χ3n) is 3.35. The van der Waals surface area contributed by atoms with Gasteiger partial charge in [0, 0.05) is 15.6 Å². The Hall–Kier alpha value is -1.45. The number of rotatable bonds is 2. The van der Waals surface area contributed by atoms with Crippen molar-refractivity contribution in [2.24, 2.45) is 0 Å². The molecule has 2 nitrogen and oxygen atoms in total. The van der Waals surface area contributed by atoms with E-state index in [4.69, 9.17) is 4.74 Å². The van der Waals surface area contributed by atoms with Crippen LogP contribution in [0.4, 0.5) is 0 Å². The minimum absolute atomic E-state index is 0.0466. The Kier molecular flexibility index (Phi) is 3.25. The Morgan fingerprint density at radius 1 is 1.11 bits per heavy atom. The zero-order valence-electron chi connectivity index (χ0n) is 10.6. The molecule has 0 atom stereocenters. The number of halogens is 1. The maximum absolute atomic E-state index is 12.5. The molecule has 0 bridgehead atoms.